The van der Waals surface area contributed by atoms with E-state index in [0.717, 1.165) is 43.9 Å². The summed E-state index contributed by atoms with van der Waals surface area (Å²) in [4.78, 5) is 8.95. The molecule has 23 heavy (non-hydrogen) atoms. The standard InChI is InChI=1S/C16H26N4O2.HI/c1-3-17-16(20-12-7-9-14(21)10-8-12)18-11-13-5-4-6-15(19-13)22-2;/h4-6,12,14,21H,3,7-11H2,1-2H3,(H2,17,18,20);1H. The van der Waals surface area contributed by atoms with Crippen LogP contribution in [-0.2, 0) is 6.54 Å². The van der Waals surface area contributed by atoms with E-state index in [4.69, 9.17) is 4.74 Å². The molecule has 1 aliphatic carbocycles. The third-order valence-electron chi connectivity index (χ3n) is 3.77. The first-order chi connectivity index (χ1) is 10.7. The molecule has 0 aromatic carbocycles. The third-order valence-corrected chi connectivity index (χ3v) is 3.77. The lowest BCUT2D eigenvalue weighted by Crippen LogP contribution is -2.45. The molecular weight excluding hydrogens is 407 g/mol. The SMILES string of the molecule is CCNC(=NCc1cccc(OC)n1)NC1CCC(O)CC1.I. The van der Waals surface area contributed by atoms with Crippen molar-refractivity contribution in [2.75, 3.05) is 13.7 Å². The second-order valence-electron chi connectivity index (χ2n) is 5.52. The minimum Gasteiger partial charge on any atom is -0.481 e. The molecule has 1 fully saturated rings. The summed E-state index contributed by atoms with van der Waals surface area (Å²) in [7, 11) is 1.61. The van der Waals surface area contributed by atoms with Gasteiger partial charge in [-0.1, -0.05) is 6.07 Å². The molecule has 0 aliphatic heterocycles. The van der Waals surface area contributed by atoms with Crippen molar-refractivity contribution in [3.63, 3.8) is 0 Å². The zero-order valence-electron chi connectivity index (χ0n) is 13.8. The number of pyridine rings is 1. The zero-order valence-corrected chi connectivity index (χ0v) is 16.1. The van der Waals surface area contributed by atoms with Crippen molar-refractivity contribution in [2.24, 2.45) is 4.99 Å². The maximum Gasteiger partial charge on any atom is 0.213 e. The van der Waals surface area contributed by atoms with Crippen LogP contribution in [0.15, 0.2) is 23.2 Å². The fraction of sp³-hybridized carbons (Fsp3) is 0.625. The predicted molar refractivity (Wildman–Crippen MR) is 102 cm³/mol. The molecule has 130 valence electrons. The monoisotopic (exact) mass is 434 g/mol. The quantitative estimate of drug-likeness (QED) is 0.376. The first kappa shape index (κ1) is 20.0. The Hall–Kier alpha value is -1.09. The van der Waals surface area contributed by atoms with Gasteiger partial charge in [-0.3, -0.25) is 0 Å². The van der Waals surface area contributed by atoms with E-state index in [0.29, 0.717) is 18.5 Å². The van der Waals surface area contributed by atoms with E-state index in [2.05, 4.69) is 20.6 Å². The average molecular weight is 434 g/mol. The van der Waals surface area contributed by atoms with E-state index in [1.54, 1.807) is 7.11 Å². The summed E-state index contributed by atoms with van der Waals surface area (Å²) in [6.45, 7) is 3.36. The Balaban J connectivity index is 0.00000264. The van der Waals surface area contributed by atoms with Gasteiger partial charge in [0.2, 0.25) is 5.88 Å². The number of ether oxygens (including phenoxy) is 1. The number of guanidine groups is 1. The molecule has 0 bridgehead atoms. The van der Waals surface area contributed by atoms with E-state index in [-0.39, 0.29) is 30.1 Å². The zero-order chi connectivity index (χ0) is 15.8. The highest BCUT2D eigenvalue weighted by molar-refractivity contribution is 14.0. The average Bonchev–Trinajstić information content (AvgIpc) is 2.55. The molecule has 0 spiro atoms. The van der Waals surface area contributed by atoms with Crippen LogP contribution in [0, 0.1) is 0 Å². The number of rotatable bonds is 5. The van der Waals surface area contributed by atoms with Crippen LogP contribution in [-0.4, -0.2) is 41.9 Å². The number of halogens is 1. The van der Waals surface area contributed by atoms with E-state index in [9.17, 15) is 5.11 Å². The fourth-order valence-corrected chi connectivity index (χ4v) is 2.55. The summed E-state index contributed by atoms with van der Waals surface area (Å²) >= 11 is 0. The number of nitrogens with zero attached hydrogens (tertiary/aromatic N) is 2. The van der Waals surface area contributed by atoms with Gasteiger partial charge in [-0.15, -0.1) is 24.0 Å². The van der Waals surface area contributed by atoms with Crippen LogP contribution in [0.2, 0.25) is 0 Å². The van der Waals surface area contributed by atoms with Crippen LogP contribution in [0.25, 0.3) is 0 Å². The first-order valence-corrected chi connectivity index (χ1v) is 7.94. The molecule has 0 unspecified atom stereocenters. The van der Waals surface area contributed by atoms with E-state index < -0.39 is 0 Å². The number of methoxy groups -OCH3 is 1. The topological polar surface area (TPSA) is 78.8 Å². The summed E-state index contributed by atoms with van der Waals surface area (Å²) in [6, 6.07) is 6.05. The van der Waals surface area contributed by atoms with Crippen LogP contribution in [0.4, 0.5) is 0 Å². The van der Waals surface area contributed by atoms with E-state index >= 15 is 0 Å². The molecule has 0 radical (unpaired) electrons. The van der Waals surface area contributed by atoms with Crippen molar-refractivity contribution in [1.29, 1.82) is 0 Å². The minimum absolute atomic E-state index is 0. The van der Waals surface area contributed by atoms with Gasteiger partial charge >= 0.3 is 0 Å². The summed E-state index contributed by atoms with van der Waals surface area (Å²) in [5.74, 6) is 1.40. The molecule has 1 saturated carbocycles. The number of aliphatic hydroxyl groups excluding tert-OH is 1. The molecule has 3 N–H and O–H groups in total. The molecule has 6 nitrogen and oxygen atoms in total. The highest BCUT2D eigenvalue weighted by atomic mass is 127. The van der Waals surface area contributed by atoms with Gasteiger partial charge in [0.1, 0.15) is 0 Å². The van der Waals surface area contributed by atoms with Crippen molar-refractivity contribution in [3.8, 4) is 5.88 Å². The van der Waals surface area contributed by atoms with Gasteiger partial charge in [0.15, 0.2) is 5.96 Å². The van der Waals surface area contributed by atoms with Crippen LogP contribution >= 0.6 is 24.0 Å². The second kappa shape index (κ2) is 10.6. The Bertz CT molecular complexity index is 491. The number of aromatic nitrogens is 1. The van der Waals surface area contributed by atoms with Gasteiger partial charge in [0.25, 0.3) is 0 Å². The fourth-order valence-electron chi connectivity index (χ4n) is 2.55. The van der Waals surface area contributed by atoms with Crippen molar-refractivity contribution in [2.45, 2.75) is 51.3 Å². The predicted octanol–water partition coefficient (Wildman–Crippen LogP) is 2.07. The van der Waals surface area contributed by atoms with Crippen LogP contribution < -0.4 is 15.4 Å². The summed E-state index contributed by atoms with van der Waals surface area (Å²) in [5, 5.41) is 16.3. The number of aliphatic hydroxyl groups is 1. The van der Waals surface area contributed by atoms with Crippen molar-refractivity contribution < 1.29 is 9.84 Å². The lowest BCUT2D eigenvalue weighted by Gasteiger charge is -2.27. The lowest BCUT2D eigenvalue weighted by molar-refractivity contribution is 0.120. The Labute approximate surface area is 155 Å². The van der Waals surface area contributed by atoms with Gasteiger partial charge in [-0.2, -0.15) is 0 Å². The first-order valence-electron chi connectivity index (χ1n) is 7.94. The smallest absolute Gasteiger partial charge is 0.213 e. The number of nitrogens with one attached hydrogen (secondary N) is 2. The number of hydrogen-bond acceptors (Lipinski definition) is 4. The van der Waals surface area contributed by atoms with Gasteiger partial charge < -0.3 is 20.5 Å². The van der Waals surface area contributed by atoms with Gasteiger partial charge in [0, 0.05) is 18.7 Å². The molecule has 1 aliphatic rings. The third kappa shape index (κ3) is 6.90. The maximum atomic E-state index is 9.57. The van der Waals surface area contributed by atoms with Gasteiger partial charge in [0.05, 0.1) is 25.5 Å². The normalized spacial score (nSPS) is 21.3. The van der Waals surface area contributed by atoms with Crippen LogP contribution in [0.5, 0.6) is 5.88 Å². The minimum atomic E-state index is -0.140. The highest BCUT2D eigenvalue weighted by Crippen LogP contribution is 2.18. The Morgan fingerprint density at radius 1 is 1.35 bits per heavy atom. The Morgan fingerprint density at radius 3 is 2.74 bits per heavy atom. The van der Waals surface area contributed by atoms with Gasteiger partial charge in [-0.25, -0.2) is 9.98 Å². The molecule has 1 aromatic rings. The highest BCUT2D eigenvalue weighted by Gasteiger charge is 2.19. The maximum absolute atomic E-state index is 9.57. The molecule has 7 heteroatoms. The number of hydrogen-bond donors (Lipinski definition) is 3. The summed E-state index contributed by atoms with van der Waals surface area (Å²) in [6.07, 6.45) is 3.52. The van der Waals surface area contributed by atoms with Crippen molar-refractivity contribution >= 4 is 29.9 Å². The largest absolute Gasteiger partial charge is 0.481 e. The van der Waals surface area contributed by atoms with E-state index in [1.165, 1.54) is 0 Å². The molecule has 2 rings (SSSR count). The van der Waals surface area contributed by atoms with Crippen LogP contribution in [0.3, 0.4) is 0 Å². The van der Waals surface area contributed by atoms with Crippen molar-refractivity contribution in [3.05, 3.63) is 23.9 Å². The Kier molecular flexibility index (Phi) is 9.23. The lowest BCUT2D eigenvalue weighted by atomic mass is 9.93. The second-order valence-corrected chi connectivity index (χ2v) is 5.52. The number of aliphatic imine (C=N–C) groups is 1. The van der Waals surface area contributed by atoms with Gasteiger partial charge in [-0.05, 0) is 38.7 Å². The molecule has 0 saturated heterocycles. The summed E-state index contributed by atoms with van der Waals surface area (Å²) in [5.41, 5.74) is 0.871. The molecular formula is C16H27IN4O2. The molecule has 1 aromatic heterocycles. The summed E-state index contributed by atoms with van der Waals surface area (Å²) < 4.78 is 5.13. The molecule has 1 heterocycles. The Morgan fingerprint density at radius 2 is 2.09 bits per heavy atom. The molecule has 0 atom stereocenters. The van der Waals surface area contributed by atoms with Crippen molar-refractivity contribution in [1.82, 2.24) is 15.6 Å². The van der Waals surface area contributed by atoms with E-state index in [1.807, 2.05) is 25.1 Å². The van der Waals surface area contributed by atoms with Crippen LogP contribution in [0.1, 0.15) is 38.3 Å². The molecule has 0 amide bonds.